The van der Waals surface area contributed by atoms with Crippen LogP contribution < -0.4 is 16.6 Å². The number of rotatable bonds is 5. The zero-order valence-electron chi connectivity index (χ0n) is 12.5. The molecule has 1 aromatic heterocycles. The molecular weight excluding hydrogens is 284 g/mol. The molecule has 3 N–H and O–H groups in total. The standard InChI is InChI=1S/C15H18N4O3/c1-9(3-6-14(21)17-8-20)19-10(2)18-13-5-4-11(16)7-12(13)15(19)22/h4-5,7-9H,3,6,16H2,1-2H3,(H,17,20,21). The van der Waals surface area contributed by atoms with E-state index in [-0.39, 0.29) is 23.9 Å². The fourth-order valence-electron chi connectivity index (χ4n) is 2.45. The molecule has 0 spiro atoms. The summed E-state index contributed by atoms with van der Waals surface area (Å²) in [6.07, 6.45) is 0.932. The predicted molar refractivity (Wildman–Crippen MR) is 83.3 cm³/mol. The lowest BCUT2D eigenvalue weighted by Gasteiger charge is -2.18. The molecule has 2 amide bonds. The summed E-state index contributed by atoms with van der Waals surface area (Å²) in [4.78, 5) is 38.6. The molecule has 22 heavy (non-hydrogen) atoms. The van der Waals surface area contributed by atoms with Gasteiger partial charge in [-0.1, -0.05) is 0 Å². The van der Waals surface area contributed by atoms with Crippen molar-refractivity contribution in [3.63, 3.8) is 0 Å². The van der Waals surface area contributed by atoms with Crippen LogP contribution in [-0.4, -0.2) is 21.9 Å². The van der Waals surface area contributed by atoms with Gasteiger partial charge in [0.1, 0.15) is 5.82 Å². The zero-order valence-corrected chi connectivity index (χ0v) is 12.5. The average Bonchev–Trinajstić information content (AvgIpc) is 2.46. The SMILES string of the molecule is Cc1nc2ccc(N)cc2c(=O)n1C(C)CCC(=O)NC=O. The first-order valence-corrected chi connectivity index (χ1v) is 6.95. The van der Waals surface area contributed by atoms with Crippen molar-refractivity contribution >= 4 is 28.9 Å². The van der Waals surface area contributed by atoms with Gasteiger partial charge >= 0.3 is 0 Å². The molecule has 1 atom stereocenters. The van der Waals surface area contributed by atoms with Crippen LogP contribution in [0.2, 0.25) is 0 Å². The predicted octanol–water partition coefficient (Wildman–Crippen LogP) is 0.901. The number of nitrogen functional groups attached to an aromatic ring is 1. The highest BCUT2D eigenvalue weighted by molar-refractivity contribution is 5.85. The normalized spacial score (nSPS) is 12.1. The van der Waals surface area contributed by atoms with Crippen LogP contribution in [0.3, 0.4) is 0 Å². The van der Waals surface area contributed by atoms with Crippen LogP contribution >= 0.6 is 0 Å². The van der Waals surface area contributed by atoms with Crippen molar-refractivity contribution in [3.05, 3.63) is 34.4 Å². The molecule has 7 nitrogen and oxygen atoms in total. The van der Waals surface area contributed by atoms with E-state index in [1.54, 1.807) is 29.7 Å². The van der Waals surface area contributed by atoms with E-state index >= 15 is 0 Å². The number of carbonyl (C=O) groups excluding carboxylic acids is 2. The van der Waals surface area contributed by atoms with Gasteiger partial charge in [-0.05, 0) is 38.5 Å². The fourth-order valence-corrected chi connectivity index (χ4v) is 2.45. The van der Waals surface area contributed by atoms with Crippen LogP contribution in [0.1, 0.15) is 31.6 Å². The monoisotopic (exact) mass is 302 g/mol. The number of imide groups is 1. The van der Waals surface area contributed by atoms with Crippen molar-refractivity contribution in [1.29, 1.82) is 0 Å². The molecule has 0 radical (unpaired) electrons. The van der Waals surface area contributed by atoms with Crippen LogP contribution in [0.25, 0.3) is 10.9 Å². The smallest absolute Gasteiger partial charge is 0.261 e. The topological polar surface area (TPSA) is 107 Å². The number of aryl methyl sites for hydroxylation is 1. The summed E-state index contributed by atoms with van der Waals surface area (Å²) in [7, 11) is 0. The van der Waals surface area contributed by atoms with Crippen LogP contribution in [0.4, 0.5) is 5.69 Å². The van der Waals surface area contributed by atoms with Gasteiger partial charge in [0.15, 0.2) is 0 Å². The molecule has 116 valence electrons. The van der Waals surface area contributed by atoms with Crippen molar-refractivity contribution in [3.8, 4) is 0 Å². The Hall–Kier alpha value is -2.70. The van der Waals surface area contributed by atoms with Gasteiger partial charge in [0, 0.05) is 18.2 Å². The molecule has 1 aromatic carbocycles. The van der Waals surface area contributed by atoms with Gasteiger partial charge in [-0.15, -0.1) is 0 Å². The molecule has 0 aliphatic carbocycles. The Balaban J connectivity index is 2.36. The number of anilines is 1. The highest BCUT2D eigenvalue weighted by Crippen LogP contribution is 2.17. The Morgan fingerprint density at radius 1 is 1.50 bits per heavy atom. The van der Waals surface area contributed by atoms with Crippen molar-refractivity contribution < 1.29 is 9.59 Å². The van der Waals surface area contributed by atoms with Crippen molar-refractivity contribution in [2.24, 2.45) is 0 Å². The average molecular weight is 302 g/mol. The molecule has 0 bridgehead atoms. The van der Waals surface area contributed by atoms with E-state index in [2.05, 4.69) is 10.3 Å². The molecule has 0 saturated heterocycles. The van der Waals surface area contributed by atoms with E-state index < -0.39 is 0 Å². The molecular formula is C15H18N4O3. The maximum absolute atomic E-state index is 12.6. The number of carbonyl (C=O) groups is 2. The Bertz CT molecular complexity index is 782. The lowest BCUT2D eigenvalue weighted by molar-refractivity contribution is -0.125. The quantitative estimate of drug-likeness (QED) is 0.630. The number of nitrogens with two attached hydrogens (primary N) is 1. The molecule has 0 aliphatic heterocycles. The number of amides is 2. The van der Waals surface area contributed by atoms with E-state index in [9.17, 15) is 14.4 Å². The lowest BCUT2D eigenvalue weighted by Crippen LogP contribution is -2.28. The Labute approximate surface area is 127 Å². The van der Waals surface area contributed by atoms with Crippen molar-refractivity contribution in [2.75, 3.05) is 5.73 Å². The third-order valence-corrected chi connectivity index (χ3v) is 3.55. The first-order chi connectivity index (χ1) is 10.4. The number of hydrogen-bond donors (Lipinski definition) is 2. The summed E-state index contributed by atoms with van der Waals surface area (Å²) < 4.78 is 1.55. The van der Waals surface area contributed by atoms with Crippen LogP contribution in [0.15, 0.2) is 23.0 Å². The summed E-state index contributed by atoms with van der Waals surface area (Å²) in [5.74, 6) is 0.205. The van der Waals surface area contributed by atoms with Crippen LogP contribution in [0, 0.1) is 6.92 Å². The van der Waals surface area contributed by atoms with E-state index in [0.29, 0.717) is 35.2 Å². The maximum Gasteiger partial charge on any atom is 0.261 e. The summed E-state index contributed by atoms with van der Waals surface area (Å²) in [6, 6.07) is 4.80. The van der Waals surface area contributed by atoms with Gasteiger partial charge in [-0.3, -0.25) is 24.3 Å². The number of fused-ring (bicyclic) bond motifs is 1. The maximum atomic E-state index is 12.6. The molecule has 1 unspecified atom stereocenters. The highest BCUT2D eigenvalue weighted by atomic mass is 16.2. The zero-order chi connectivity index (χ0) is 16.3. The largest absolute Gasteiger partial charge is 0.399 e. The van der Waals surface area contributed by atoms with Gasteiger partial charge in [-0.25, -0.2) is 4.98 Å². The molecule has 7 heteroatoms. The molecule has 0 aliphatic rings. The van der Waals surface area contributed by atoms with E-state index in [1.807, 2.05) is 6.92 Å². The second-order valence-corrected chi connectivity index (χ2v) is 5.18. The van der Waals surface area contributed by atoms with Crippen molar-refractivity contribution in [2.45, 2.75) is 32.7 Å². The summed E-state index contributed by atoms with van der Waals surface area (Å²) in [6.45, 7) is 3.58. The highest BCUT2D eigenvalue weighted by Gasteiger charge is 2.15. The van der Waals surface area contributed by atoms with Gasteiger partial charge in [0.2, 0.25) is 12.3 Å². The second-order valence-electron chi connectivity index (χ2n) is 5.18. The number of nitrogens with zero attached hydrogens (tertiary/aromatic N) is 2. The Morgan fingerprint density at radius 3 is 2.91 bits per heavy atom. The van der Waals surface area contributed by atoms with Gasteiger partial charge in [-0.2, -0.15) is 0 Å². The van der Waals surface area contributed by atoms with E-state index in [0.717, 1.165) is 0 Å². The molecule has 1 heterocycles. The van der Waals surface area contributed by atoms with Gasteiger partial charge < -0.3 is 5.73 Å². The van der Waals surface area contributed by atoms with Crippen molar-refractivity contribution in [1.82, 2.24) is 14.9 Å². The molecule has 0 fully saturated rings. The van der Waals surface area contributed by atoms with Crippen LogP contribution in [0.5, 0.6) is 0 Å². The minimum Gasteiger partial charge on any atom is -0.399 e. The number of hydrogen-bond acceptors (Lipinski definition) is 5. The van der Waals surface area contributed by atoms with Crippen LogP contribution in [-0.2, 0) is 9.59 Å². The first kappa shape index (κ1) is 15.7. The third-order valence-electron chi connectivity index (χ3n) is 3.55. The van der Waals surface area contributed by atoms with Gasteiger partial charge in [0.25, 0.3) is 5.56 Å². The summed E-state index contributed by atoms with van der Waals surface area (Å²) in [5, 5.41) is 2.53. The van der Waals surface area contributed by atoms with E-state index in [4.69, 9.17) is 5.73 Å². The second kappa shape index (κ2) is 6.38. The minimum absolute atomic E-state index is 0.154. The first-order valence-electron chi connectivity index (χ1n) is 6.95. The third kappa shape index (κ3) is 3.13. The number of aromatic nitrogens is 2. The molecule has 0 saturated carbocycles. The lowest BCUT2D eigenvalue weighted by atomic mass is 10.1. The molecule has 2 aromatic rings. The van der Waals surface area contributed by atoms with Gasteiger partial charge in [0.05, 0.1) is 10.9 Å². The Morgan fingerprint density at radius 2 is 2.23 bits per heavy atom. The fraction of sp³-hybridized carbons (Fsp3) is 0.333. The summed E-state index contributed by atoms with van der Waals surface area (Å²) in [5.41, 5.74) is 6.64. The molecule has 2 rings (SSSR count). The Kier molecular flexibility index (Phi) is 4.55. The van der Waals surface area contributed by atoms with E-state index in [1.165, 1.54) is 0 Å². The number of nitrogens with one attached hydrogen (secondary N) is 1. The summed E-state index contributed by atoms with van der Waals surface area (Å²) >= 11 is 0. The minimum atomic E-state index is -0.370. The number of benzene rings is 1.